The maximum Gasteiger partial charge on any atom is 0.340 e. The van der Waals surface area contributed by atoms with Crippen LogP contribution in [0.3, 0.4) is 0 Å². The lowest BCUT2D eigenvalue weighted by Gasteiger charge is -2.12. The SMILES string of the molecule is COc1cc(C=O)ccc1OC(=O)[C@H](C)OC. The molecule has 1 rings (SSSR count). The van der Waals surface area contributed by atoms with E-state index in [4.69, 9.17) is 14.2 Å². The Labute approximate surface area is 99.3 Å². The van der Waals surface area contributed by atoms with Gasteiger partial charge in [0.1, 0.15) is 6.29 Å². The summed E-state index contributed by atoms with van der Waals surface area (Å²) in [6.45, 7) is 1.58. The van der Waals surface area contributed by atoms with E-state index in [9.17, 15) is 9.59 Å². The highest BCUT2D eigenvalue weighted by Gasteiger charge is 2.16. The first kappa shape index (κ1) is 13.2. The molecule has 92 valence electrons. The molecular weight excluding hydrogens is 224 g/mol. The van der Waals surface area contributed by atoms with Crippen LogP contribution in [-0.2, 0) is 9.53 Å². The third kappa shape index (κ3) is 3.29. The first-order chi connectivity index (χ1) is 8.12. The quantitative estimate of drug-likeness (QED) is 0.441. The van der Waals surface area contributed by atoms with Crippen LogP contribution in [-0.4, -0.2) is 32.6 Å². The van der Waals surface area contributed by atoms with Crippen LogP contribution in [0.25, 0.3) is 0 Å². The molecule has 0 aliphatic heterocycles. The molecule has 0 aliphatic rings. The van der Waals surface area contributed by atoms with Crippen molar-refractivity contribution in [2.24, 2.45) is 0 Å². The van der Waals surface area contributed by atoms with Gasteiger partial charge in [0.15, 0.2) is 17.6 Å². The fourth-order valence-electron chi connectivity index (χ4n) is 1.13. The summed E-state index contributed by atoms with van der Waals surface area (Å²) in [4.78, 5) is 22.1. The molecule has 1 atom stereocenters. The largest absolute Gasteiger partial charge is 0.493 e. The number of hydrogen-bond donors (Lipinski definition) is 0. The zero-order valence-electron chi connectivity index (χ0n) is 9.93. The summed E-state index contributed by atoms with van der Waals surface area (Å²) in [5.41, 5.74) is 0.446. The van der Waals surface area contributed by atoms with Gasteiger partial charge < -0.3 is 14.2 Å². The molecule has 0 amide bonds. The fourth-order valence-corrected chi connectivity index (χ4v) is 1.13. The third-order valence-electron chi connectivity index (χ3n) is 2.22. The Morgan fingerprint density at radius 2 is 2.00 bits per heavy atom. The highest BCUT2D eigenvalue weighted by molar-refractivity contribution is 5.79. The lowest BCUT2D eigenvalue weighted by molar-refractivity contribution is -0.144. The number of ether oxygens (including phenoxy) is 3. The standard InChI is InChI=1S/C12H14O5/c1-8(15-2)12(14)17-10-5-4-9(7-13)6-11(10)16-3/h4-8H,1-3H3/t8-/m0/s1. The average molecular weight is 238 g/mol. The van der Waals surface area contributed by atoms with E-state index in [-0.39, 0.29) is 5.75 Å². The van der Waals surface area contributed by atoms with Gasteiger partial charge in [-0.2, -0.15) is 0 Å². The van der Waals surface area contributed by atoms with Gasteiger partial charge in [-0.15, -0.1) is 0 Å². The second-order valence-electron chi connectivity index (χ2n) is 3.33. The molecule has 17 heavy (non-hydrogen) atoms. The summed E-state index contributed by atoms with van der Waals surface area (Å²) in [5.74, 6) is 0.0582. The van der Waals surface area contributed by atoms with Crippen LogP contribution < -0.4 is 9.47 Å². The summed E-state index contributed by atoms with van der Waals surface area (Å²) in [7, 11) is 2.85. The number of carbonyl (C=O) groups excluding carboxylic acids is 2. The van der Waals surface area contributed by atoms with Crippen LogP contribution in [0.1, 0.15) is 17.3 Å². The maximum atomic E-state index is 11.5. The van der Waals surface area contributed by atoms with E-state index in [1.807, 2.05) is 0 Å². The Hall–Kier alpha value is -1.88. The van der Waals surface area contributed by atoms with Crippen molar-refractivity contribution >= 4 is 12.3 Å². The Bertz CT molecular complexity index is 413. The summed E-state index contributed by atoms with van der Waals surface area (Å²) in [6, 6.07) is 4.53. The Balaban J connectivity index is 2.90. The van der Waals surface area contributed by atoms with Crippen molar-refractivity contribution in [2.45, 2.75) is 13.0 Å². The van der Waals surface area contributed by atoms with E-state index in [1.165, 1.54) is 32.4 Å². The molecule has 0 fully saturated rings. The first-order valence-corrected chi connectivity index (χ1v) is 5.00. The van der Waals surface area contributed by atoms with Gasteiger partial charge in [0.2, 0.25) is 0 Å². The van der Waals surface area contributed by atoms with Crippen molar-refractivity contribution in [3.63, 3.8) is 0 Å². The maximum absolute atomic E-state index is 11.5. The van der Waals surface area contributed by atoms with Gasteiger partial charge >= 0.3 is 5.97 Å². The second-order valence-corrected chi connectivity index (χ2v) is 3.33. The Morgan fingerprint density at radius 3 is 2.53 bits per heavy atom. The molecule has 0 aliphatic carbocycles. The van der Waals surface area contributed by atoms with E-state index >= 15 is 0 Å². The Kier molecular flexibility index (Phi) is 4.66. The van der Waals surface area contributed by atoms with Crippen molar-refractivity contribution in [3.05, 3.63) is 23.8 Å². The monoisotopic (exact) mass is 238 g/mol. The molecule has 0 radical (unpaired) electrons. The molecule has 0 saturated carbocycles. The molecule has 0 N–H and O–H groups in total. The molecule has 5 heteroatoms. The topological polar surface area (TPSA) is 61.8 Å². The summed E-state index contributed by atoms with van der Waals surface area (Å²) in [6.07, 6.45) is 0.0248. The summed E-state index contributed by atoms with van der Waals surface area (Å²) in [5, 5.41) is 0. The van der Waals surface area contributed by atoms with Crippen LogP contribution in [0, 0.1) is 0 Å². The van der Waals surface area contributed by atoms with Gasteiger partial charge in [0.05, 0.1) is 7.11 Å². The molecule has 0 unspecified atom stereocenters. The van der Waals surface area contributed by atoms with Crippen LogP contribution in [0.5, 0.6) is 11.5 Å². The fraction of sp³-hybridized carbons (Fsp3) is 0.333. The van der Waals surface area contributed by atoms with Crippen LogP contribution in [0.15, 0.2) is 18.2 Å². The van der Waals surface area contributed by atoms with Crippen molar-refractivity contribution < 1.29 is 23.8 Å². The first-order valence-electron chi connectivity index (χ1n) is 5.00. The van der Waals surface area contributed by atoms with Crippen LogP contribution in [0.4, 0.5) is 0 Å². The van der Waals surface area contributed by atoms with Crippen molar-refractivity contribution in [2.75, 3.05) is 14.2 Å². The Morgan fingerprint density at radius 1 is 1.29 bits per heavy atom. The number of benzene rings is 1. The smallest absolute Gasteiger partial charge is 0.340 e. The van der Waals surface area contributed by atoms with Crippen molar-refractivity contribution in [1.29, 1.82) is 0 Å². The number of rotatable bonds is 5. The van der Waals surface area contributed by atoms with Crippen LogP contribution >= 0.6 is 0 Å². The van der Waals surface area contributed by atoms with Crippen LogP contribution in [0.2, 0.25) is 0 Å². The molecule has 1 aromatic rings. The van der Waals surface area contributed by atoms with Gasteiger partial charge in [-0.1, -0.05) is 0 Å². The molecule has 1 aromatic carbocycles. The minimum atomic E-state index is -0.662. The zero-order valence-corrected chi connectivity index (χ0v) is 9.93. The minimum Gasteiger partial charge on any atom is -0.493 e. The normalized spacial score (nSPS) is 11.7. The minimum absolute atomic E-state index is 0.256. The molecule has 0 aromatic heterocycles. The number of hydrogen-bond acceptors (Lipinski definition) is 5. The summed E-state index contributed by atoms with van der Waals surface area (Å²) >= 11 is 0. The van der Waals surface area contributed by atoms with Crippen molar-refractivity contribution in [1.82, 2.24) is 0 Å². The van der Waals surface area contributed by atoms with Gasteiger partial charge in [0.25, 0.3) is 0 Å². The lowest BCUT2D eigenvalue weighted by atomic mass is 10.2. The second kappa shape index (κ2) is 6.00. The van der Waals surface area contributed by atoms with E-state index in [0.717, 1.165) is 0 Å². The number of methoxy groups -OCH3 is 2. The molecular formula is C12H14O5. The predicted octanol–water partition coefficient (Wildman–Crippen LogP) is 1.45. The highest BCUT2D eigenvalue weighted by Crippen LogP contribution is 2.27. The lowest BCUT2D eigenvalue weighted by Crippen LogP contribution is -2.24. The van der Waals surface area contributed by atoms with Gasteiger partial charge in [-0.3, -0.25) is 4.79 Å². The van der Waals surface area contributed by atoms with E-state index in [0.29, 0.717) is 17.6 Å². The number of carbonyl (C=O) groups is 2. The zero-order chi connectivity index (χ0) is 12.8. The molecule has 0 saturated heterocycles. The van der Waals surface area contributed by atoms with Crippen molar-refractivity contribution in [3.8, 4) is 11.5 Å². The number of aldehydes is 1. The van der Waals surface area contributed by atoms with Gasteiger partial charge in [0, 0.05) is 12.7 Å². The number of esters is 1. The molecule has 0 spiro atoms. The third-order valence-corrected chi connectivity index (χ3v) is 2.22. The van der Waals surface area contributed by atoms with E-state index in [2.05, 4.69) is 0 Å². The average Bonchev–Trinajstić information content (AvgIpc) is 2.37. The van der Waals surface area contributed by atoms with E-state index in [1.54, 1.807) is 6.92 Å². The van der Waals surface area contributed by atoms with Gasteiger partial charge in [-0.25, -0.2) is 4.79 Å². The van der Waals surface area contributed by atoms with E-state index < -0.39 is 12.1 Å². The molecule has 0 bridgehead atoms. The predicted molar refractivity (Wildman–Crippen MR) is 60.5 cm³/mol. The highest BCUT2D eigenvalue weighted by atomic mass is 16.6. The van der Waals surface area contributed by atoms with Gasteiger partial charge in [-0.05, 0) is 25.1 Å². The summed E-state index contributed by atoms with van der Waals surface area (Å²) < 4.78 is 14.9. The molecule has 0 heterocycles. The molecule has 5 nitrogen and oxygen atoms in total.